The summed E-state index contributed by atoms with van der Waals surface area (Å²) in [5, 5.41) is 3.12. The Morgan fingerprint density at radius 1 is 1.08 bits per heavy atom. The van der Waals surface area contributed by atoms with Crippen LogP contribution >= 0.6 is 0 Å². The number of benzene rings is 2. The average Bonchev–Trinajstić information content (AvgIpc) is 3.05. The van der Waals surface area contributed by atoms with E-state index < -0.39 is 0 Å². The van der Waals surface area contributed by atoms with Crippen molar-refractivity contribution in [2.45, 2.75) is 18.9 Å². The first-order valence-corrected chi connectivity index (χ1v) is 8.09. The van der Waals surface area contributed by atoms with Gasteiger partial charge >= 0.3 is 0 Å². The van der Waals surface area contributed by atoms with Crippen molar-refractivity contribution >= 4 is 5.91 Å². The predicted molar refractivity (Wildman–Crippen MR) is 94.4 cm³/mol. The smallest absolute Gasteiger partial charge is 0.221 e. The van der Waals surface area contributed by atoms with Gasteiger partial charge < -0.3 is 9.88 Å². The van der Waals surface area contributed by atoms with Crippen molar-refractivity contribution in [1.29, 1.82) is 0 Å². The molecule has 0 fully saturated rings. The SMILES string of the molecule is Cn1ccnc1[C@@H](NC(=O)CCc1ccccc1)c1ccccc1. The highest BCUT2D eigenvalue weighted by Gasteiger charge is 2.20. The number of hydrogen-bond acceptors (Lipinski definition) is 2. The fourth-order valence-electron chi connectivity index (χ4n) is 2.73. The molecule has 0 spiro atoms. The predicted octanol–water partition coefficient (Wildman–Crippen LogP) is 3.26. The average molecular weight is 319 g/mol. The van der Waals surface area contributed by atoms with Gasteiger partial charge in [-0.2, -0.15) is 0 Å². The van der Waals surface area contributed by atoms with E-state index >= 15 is 0 Å². The molecule has 1 amide bonds. The topological polar surface area (TPSA) is 46.9 Å². The van der Waals surface area contributed by atoms with Crippen LogP contribution in [-0.2, 0) is 18.3 Å². The third kappa shape index (κ3) is 3.90. The molecule has 0 saturated heterocycles. The van der Waals surface area contributed by atoms with Crippen LogP contribution in [0.2, 0.25) is 0 Å². The molecule has 0 aliphatic carbocycles. The third-order valence-electron chi connectivity index (χ3n) is 4.04. The van der Waals surface area contributed by atoms with Gasteiger partial charge in [0.25, 0.3) is 0 Å². The van der Waals surface area contributed by atoms with Gasteiger partial charge in [0.15, 0.2) is 0 Å². The lowest BCUT2D eigenvalue weighted by Gasteiger charge is -2.19. The normalized spacial score (nSPS) is 11.9. The maximum absolute atomic E-state index is 12.5. The Kier molecular flexibility index (Phi) is 5.06. The summed E-state index contributed by atoms with van der Waals surface area (Å²) in [6, 6.07) is 19.8. The Morgan fingerprint density at radius 2 is 1.75 bits per heavy atom. The highest BCUT2D eigenvalue weighted by atomic mass is 16.1. The molecule has 122 valence electrons. The number of carbonyl (C=O) groups excluding carboxylic acids is 1. The van der Waals surface area contributed by atoms with Crippen LogP contribution in [0.5, 0.6) is 0 Å². The number of imidazole rings is 1. The minimum atomic E-state index is -0.241. The Morgan fingerprint density at radius 3 is 2.38 bits per heavy atom. The van der Waals surface area contributed by atoms with E-state index in [0.717, 1.165) is 17.8 Å². The van der Waals surface area contributed by atoms with E-state index in [4.69, 9.17) is 0 Å². The van der Waals surface area contributed by atoms with Crippen molar-refractivity contribution < 1.29 is 4.79 Å². The zero-order chi connectivity index (χ0) is 16.8. The number of nitrogens with zero attached hydrogens (tertiary/aromatic N) is 2. The summed E-state index contributed by atoms with van der Waals surface area (Å²) >= 11 is 0. The summed E-state index contributed by atoms with van der Waals surface area (Å²) < 4.78 is 1.94. The van der Waals surface area contributed by atoms with Crippen molar-refractivity contribution in [2.24, 2.45) is 7.05 Å². The molecule has 0 aliphatic rings. The number of carbonyl (C=O) groups is 1. The van der Waals surface area contributed by atoms with E-state index in [1.165, 1.54) is 5.56 Å². The van der Waals surface area contributed by atoms with Gasteiger partial charge in [0.05, 0.1) is 0 Å². The molecule has 0 bridgehead atoms. The van der Waals surface area contributed by atoms with Crippen LogP contribution in [0.3, 0.4) is 0 Å². The maximum atomic E-state index is 12.5. The van der Waals surface area contributed by atoms with Crippen molar-refractivity contribution in [3.63, 3.8) is 0 Å². The van der Waals surface area contributed by atoms with Gasteiger partial charge in [0, 0.05) is 25.9 Å². The lowest BCUT2D eigenvalue weighted by molar-refractivity contribution is -0.121. The van der Waals surface area contributed by atoms with Crippen molar-refractivity contribution in [1.82, 2.24) is 14.9 Å². The molecule has 1 N–H and O–H groups in total. The molecule has 3 aromatic rings. The van der Waals surface area contributed by atoms with E-state index in [-0.39, 0.29) is 11.9 Å². The molecule has 0 saturated carbocycles. The first-order chi connectivity index (χ1) is 11.7. The molecule has 4 heteroatoms. The molecular formula is C20H21N3O. The quantitative estimate of drug-likeness (QED) is 0.758. The van der Waals surface area contributed by atoms with Crippen LogP contribution < -0.4 is 5.32 Å². The van der Waals surface area contributed by atoms with Crippen molar-refractivity contribution in [3.05, 3.63) is 90.0 Å². The maximum Gasteiger partial charge on any atom is 0.221 e. The standard InChI is InChI=1S/C20H21N3O/c1-23-15-14-21-20(23)19(17-10-6-3-7-11-17)22-18(24)13-12-16-8-4-2-5-9-16/h2-11,14-15,19H,12-13H2,1H3,(H,22,24)/t19-/m0/s1. The summed E-state index contributed by atoms with van der Waals surface area (Å²) in [5.41, 5.74) is 2.20. The lowest BCUT2D eigenvalue weighted by atomic mass is 10.1. The second-order valence-corrected chi connectivity index (χ2v) is 5.79. The molecule has 0 unspecified atom stereocenters. The number of rotatable bonds is 6. The Bertz CT molecular complexity index is 781. The van der Waals surface area contributed by atoms with E-state index in [0.29, 0.717) is 6.42 Å². The number of aryl methyl sites for hydroxylation is 2. The van der Waals surface area contributed by atoms with Crippen LogP contribution in [0.4, 0.5) is 0 Å². The minimum absolute atomic E-state index is 0.0238. The monoisotopic (exact) mass is 319 g/mol. The molecule has 2 aromatic carbocycles. The summed E-state index contributed by atoms with van der Waals surface area (Å²) in [5.74, 6) is 0.852. The largest absolute Gasteiger partial charge is 0.342 e. The van der Waals surface area contributed by atoms with Crippen LogP contribution in [0, 0.1) is 0 Å². The van der Waals surface area contributed by atoms with Gasteiger partial charge in [-0.3, -0.25) is 4.79 Å². The summed E-state index contributed by atoms with van der Waals surface area (Å²) in [6.07, 6.45) is 4.83. The fourth-order valence-corrected chi connectivity index (χ4v) is 2.73. The van der Waals surface area contributed by atoms with Gasteiger partial charge in [-0.25, -0.2) is 4.98 Å². The number of nitrogens with one attached hydrogen (secondary N) is 1. The zero-order valence-electron chi connectivity index (χ0n) is 13.7. The minimum Gasteiger partial charge on any atom is -0.342 e. The van der Waals surface area contributed by atoms with E-state index in [1.54, 1.807) is 6.20 Å². The van der Waals surface area contributed by atoms with Gasteiger partial charge in [-0.05, 0) is 17.5 Å². The van der Waals surface area contributed by atoms with E-state index in [2.05, 4.69) is 10.3 Å². The Balaban J connectivity index is 1.72. The zero-order valence-corrected chi connectivity index (χ0v) is 13.7. The number of aromatic nitrogens is 2. The molecule has 0 radical (unpaired) electrons. The molecule has 4 nitrogen and oxygen atoms in total. The van der Waals surface area contributed by atoms with Crippen molar-refractivity contribution in [3.8, 4) is 0 Å². The first-order valence-electron chi connectivity index (χ1n) is 8.09. The summed E-state index contributed by atoms with van der Waals surface area (Å²) in [7, 11) is 1.94. The number of amides is 1. The van der Waals surface area contributed by atoms with Gasteiger partial charge in [-0.1, -0.05) is 60.7 Å². The van der Waals surface area contributed by atoms with E-state index in [9.17, 15) is 4.79 Å². The Hall–Kier alpha value is -2.88. The molecule has 1 aromatic heterocycles. The molecular weight excluding hydrogens is 298 g/mol. The summed E-state index contributed by atoms with van der Waals surface area (Å²) in [6.45, 7) is 0. The van der Waals surface area contributed by atoms with Crippen LogP contribution in [-0.4, -0.2) is 15.5 Å². The number of hydrogen-bond donors (Lipinski definition) is 1. The Labute approximate surface area is 142 Å². The fraction of sp³-hybridized carbons (Fsp3) is 0.200. The molecule has 1 atom stereocenters. The second kappa shape index (κ2) is 7.59. The van der Waals surface area contributed by atoms with Gasteiger partial charge in [0.2, 0.25) is 5.91 Å². The van der Waals surface area contributed by atoms with Gasteiger partial charge in [0.1, 0.15) is 11.9 Å². The van der Waals surface area contributed by atoms with Crippen LogP contribution in [0.15, 0.2) is 73.1 Å². The first kappa shape index (κ1) is 16.0. The highest BCUT2D eigenvalue weighted by molar-refractivity contribution is 5.77. The third-order valence-corrected chi connectivity index (χ3v) is 4.04. The molecule has 0 aliphatic heterocycles. The summed E-state index contributed by atoms with van der Waals surface area (Å²) in [4.78, 5) is 16.9. The van der Waals surface area contributed by atoms with Crippen LogP contribution in [0.1, 0.15) is 29.4 Å². The second-order valence-electron chi connectivity index (χ2n) is 5.79. The molecule has 24 heavy (non-hydrogen) atoms. The van der Waals surface area contributed by atoms with Crippen LogP contribution in [0.25, 0.3) is 0 Å². The molecule has 1 heterocycles. The molecule has 3 rings (SSSR count). The van der Waals surface area contributed by atoms with Gasteiger partial charge in [-0.15, -0.1) is 0 Å². The van der Waals surface area contributed by atoms with E-state index in [1.807, 2.05) is 78.5 Å². The van der Waals surface area contributed by atoms with Crippen molar-refractivity contribution in [2.75, 3.05) is 0 Å². The highest BCUT2D eigenvalue weighted by Crippen LogP contribution is 2.20. The lowest BCUT2D eigenvalue weighted by Crippen LogP contribution is -2.31.